The first-order valence-electron chi connectivity index (χ1n) is 4.22. The second-order valence-electron chi connectivity index (χ2n) is 2.61. The Kier molecular flexibility index (Phi) is 5.14. The van der Waals surface area contributed by atoms with Crippen molar-refractivity contribution in [1.29, 1.82) is 0 Å². The Balaban J connectivity index is 2.33. The Morgan fingerprint density at radius 1 is 1.47 bits per heavy atom. The Labute approximate surface area is 96.7 Å². The third-order valence-corrected chi connectivity index (χ3v) is 3.73. The predicted molar refractivity (Wildman–Crippen MR) is 65.4 cm³/mol. The molecule has 1 aromatic rings. The molecule has 0 heterocycles. The van der Waals surface area contributed by atoms with Gasteiger partial charge in [-0.15, -0.1) is 0 Å². The zero-order chi connectivity index (χ0) is 11.1. The number of hydrogen-bond acceptors (Lipinski definition) is 3. The van der Waals surface area contributed by atoms with Crippen LogP contribution in [0.5, 0.6) is 0 Å². The third kappa shape index (κ3) is 4.31. The molecule has 0 saturated carbocycles. The van der Waals surface area contributed by atoms with E-state index >= 15 is 0 Å². The van der Waals surface area contributed by atoms with Crippen molar-refractivity contribution in [3.8, 4) is 0 Å². The van der Waals surface area contributed by atoms with E-state index in [1.807, 2.05) is 30.3 Å². The van der Waals surface area contributed by atoms with Crippen LogP contribution >= 0.6 is 21.8 Å². The summed E-state index contributed by atoms with van der Waals surface area (Å²) in [4.78, 5) is 10.6. The number of nitrogens with zero attached hydrogens (tertiary/aromatic N) is 1. The van der Waals surface area contributed by atoms with Crippen molar-refractivity contribution in [1.82, 2.24) is 4.31 Å². The summed E-state index contributed by atoms with van der Waals surface area (Å²) in [5.74, 6) is 0.767. The molecular formula is C10H11NO2S2. The fourth-order valence-corrected chi connectivity index (χ4v) is 2.77. The average molecular weight is 241 g/mol. The molecule has 0 fully saturated rings. The molecule has 5 heteroatoms. The first-order valence-corrected chi connectivity index (χ1v) is 6.50. The lowest BCUT2D eigenvalue weighted by molar-refractivity contribution is 0.184. The summed E-state index contributed by atoms with van der Waals surface area (Å²) in [5, 5.41) is 8.69. The monoisotopic (exact) mass is 241 g/mol. The van der Waals surface area contributed by atoms with Crippen molar-refractivity contribution in [2.75, 3.05) is 0 Å². The van der Waals surface area contributed by atoms with E-state index in [2.05, 4.69) is 6.58 Å². The number of carbonyl (C=O) groups is 1. The minimum absolute atomic E-state index is 0.767. The van der Waals surface area contributed by atoms with Gasteiger partial charge in [0, 0.05) is 22.9 Å². The van der Waals surface area contributed by atoms with Crippen LogP contribution in [0, 0.1) is 0 Å². The molecular weight excluding hydrogens is 230 g/mol. The standard InChI is InChI=1S/C10H11NO2S2/c1-2-11(10(12)13)15-14-8-9-6-4-3-5-7-9/h2-7H,1,8H2,(H,12,13). The van der Waals surface area contributed by atoms with E-state index in [0.29, 0.717) is 0 Å². The molecule has 1 amide bonds. The molecule has 0 spiro atoms. The molecule has 0 aromatic heterocycles. The van der Waals surface area contributed by atoms with Crippen molar-refractivity contribution >= 4 is 27.9 Å². The molecule has 15 heavy (non-hydrogen) atoms. The van der Waals surface area contributed by atoms with Crippen molar-refractivity contribution in [2.24, 2.45) is 0 Å². The minimum Gasteiger partial charge on any atom is -0.464 e. The minimum atomic E-state index is -1.00. The van der Waals surface area contributed by atoms with Gasteiger partial charge < -0.3 is 5.11 Å². The topological polar surface area (TPSA) is 40.5 Å². The van der Waals surface area contributed by atoms with Gasteiger partial charge in [0.2, 0.25) is 0 Å². The van der Waals surface area contributed by atoms with Gasteiger partial charge in [-0.1, -0.05) is 47.7 Å². The fraction of sp³-hybridized carbons (Fsp3) is 0.100. The fourth-order valence-electron chi connectivity index (χ4n) is 0.866. The van der Waals surface area contributed by atoms with Crippen molar-refractivity contribution in [3.05, 3.63) is 48.7 Å². The first-order chi connectivity index (χ1) is 7.24. The molecule has 0 saturated heterocycles. The molecule has 80 valence electrons. The van der Waals surface area contributed by atoms with Gasteiger partial charge >= 0.3 is 6.09 Å². The van der Waals surface area contributed by atoms with Crippen LogP contribution in [-0.2, 0) is 5.75 Å². The van der Waals surface area contributed by atoms with E-state index in [4.69, 9.17) is 5.11 Å². The van der Waals surface area contributed by atoms with Crippen LogP contribution in [-0.4, -0.2) is 15.5 Å². The second-order valence-corrected chi connectivity index (χ2v) is 4.83. The number of amides is 1. The molecule has 1 N–H and O–H groups in total. The van der Waals surface area contributed by atoms with Gasteiger partial charge in [0.05, 0.1) is 0 Å². The smallest absolute Gasteiger partial charge is 0.422 e. The summed E-state index contributed by atoms with van der Waals surface area (Å²) in [7, 11) is 2.61. The number of rotatable bonds is 5. The molecule has 0 atom stereocenters. The maximum absolute atomic E-state index is 10.6. The van der Waals surface area contributed by atoms with E-state index in [0.717, 1.165) is 21.0 Å². The molecule has 0 bridgehead atoms. The number of benzene rings is 1. The summed E-state index contributed by atoms with van der Waals surface area (Å²) < 4.78 is 1.08. The van der Waals surface area contributed by atoms with Crippen molar-refractivity contribution in [3.63, 3.8) is 0 Å². The summed E-state index contributed by atoms with van der Waals surface area (Å²) in [6.07, 6.45) is 0.279. The van der Waals surface area contributed by atoms with Crippen molar-refractivity contribution in [2.45, 2.75) is 5.75 Å². The molecule has 1 aromatic carbocycles. The van der Waals surface area contributed by atoms with Gasteiger partial charge in [0.15, 0.2) is 0 Å². The van der Waals surface area contributed by atoms with Crippen LogP contribution in [0.1, 0.15) is 5.56 Å². The number of carboxylic acid groups (broad SMARTS) is 1. The quantitative estimate of drug-likeness (QED) is 0.631. The summed E-state index contributed by atoms with van der Waals surface area (Å²) >= 11 is 0. The summed E-state index contributed by atoms with van der Waals surface area (Å²) in [6.45, 7) is 3.42. The van der Waals surface area contributed by atoms with Gasteiger partial charge in [0.1, 0.15) is 0 Å². The Morgan fingerprint density at radius 3 is 2.67 bits per heavy atom. The van der Waals surface area contributed by atoms with Crippen LogP contribution in [0.3, 0.4) is 0 Å². The van der Waals surface area contributed by atoms with Gasteiger partial charge in [-0.05, 0) is 5.56 Å². The Hall–Kier alpha value is -1.07. The molecule has 0 unspecified atom stereocenters. The van der Waals surface area contributed by atoms with Crippen LogP contribution < -0.4 is 0 Å². The number of hydrogen-bond donors (Lipinski definition) is 1. The Bertz CT molecular complexity index is 329. The highest BCUT2D eigenvalue weighted by Crippen LogP contribution is 2.29. The van der Waals surface area contributed by atoms with E-state index in [1.165, 1.54) is 22.6 Å². The largest absolute Gasteiger partial charge is 0.464 e. The SMILES string of the molecule is C=CN(SSCc1ccccc1)C(=O)O. The normalized spacial score (nSPS) is 9.60. The van der Waals surface area contributed by atoms with Gasteiger partial charge in [-0.2, -0.15) is 0 Å². The predicted octanol–water partition coefficient (Wildman–Crippen LogP) is 3.61. The van der Waals surface area contributed by atoms with Crippen LogP contribution in [0.15, 0.2) is 43.1 Å². The van der Waals surface area contributed by atoms with E-state index in [1.54, 1.807) is 0 Å². The van der Waals surface area contributed by atoms with Gasteiger partial charge in [-0.25, -0.2) is 9.10 Å². The zero-order valence-electron chi connectivity index (χ0n) is 8.00. The maximum Gasteiger partial charge on any atom is 0.422 e. The van der Waals surface area contributed by atoms with Crippen LogP contribution in [0.2, 0.25) is 0 Å². The Morgan fingerprint density at radius 2 is 2.13 bits per heavy atom. The van der Waals surface area contributed by atoms with E-state index in [-0.39, 0.29) is 0 Å². The highest BCUT2D eigenvalue weighted by Gasteiger charge is 2.08. The molecule has 1 rings (SSSR count). The van der Waals surface area contributed by atoms with Crippen LogP contribution in [0.4, 0.5) is 4.79 Å². The molecule has 0 aliphatic heterocycles. The summed E-state index contributed by atoms with van der Waals surface area (Å²) in [5.41, 5.74) is 1.17. The summed E-state index contributed by atoms with van der Waals surface area (Å²) in [6, 6.07) is 9.89. The second kappa shape index (κ2) is 6.42. The molecule has 0 radical (unpaired) electrons. The zero-order valence-corrected chi connectivity index (χ0v) is 9.63. The third-order valence-electron chi connectivity index (χ3n) is 1.56. The molecule has 0 aliphatic rings. The van der Waals surface area contributed by atoms with E-state index < -0.39 is 6.09 Å². The van der Waals surface area contributed by atoms with Gasteiger partial charge in [-0.3, -0.25) is 0 Å². The van der Waals surface area contributed by atoms with E-state index in [9.17, 15) is 4.79 Å². The van der Waals surface area contributed by atoms with Gasteiger partial charge in [0.25, 0.3) is 0 Å². The highest BCUT2D eigenvalue weighted by molar-refractivity contribution is 8.75. The maximum atomic E-state index is 10.6. The van der Waals surface area contributed by atoms with Crippen LogP contribution in [0.25, 0.3) is 0 Å². The molecule has 3 nitrogen and oxygen atoms in total. The lowest BCUT2D eigenvalue weighted by Gasteiger charge is -2.10. The lowest BCUT2D eigenvalue weighted by Crippen LogP contribution is -2.13. The van der Waals surface area contributed by atoms with Crippen molar-refractivity contribution < 1.29 is 9.90 Å². The lowest BCUT2D eigenvalue weighted by atomic mass is 10.2. The first kappa shape index (κ1) is 12.0. The highest BCUT2D eigenvalue weighted by atomic mass is 33.1. The average Bonchev–Trinajstić information content (AvgIpc) is 2.25. The molecule has 0 aliphatic carbocycles.